The number of hydrogen-bond donors (Lipinski definition) is 1. The van der Waals surface area contributed by atoms with Crippen LogP contribution < -0.4 is 24.3 Å². The van der Waals surface area contributed by atoms with Crippen molar-refractivity contribution in [1.29, 1.82) is 0 Å². The SMILES string of the molecule is COc1cc(NCc2cc(Br)c(OC)cc2OC)cc(OC)c1. The van der Waals surface area contributed by atoms with Gasteiger partial charge >= 0.3 is 0 Å². The third kappa shape index (κ3) is 4.22. The molecule has 1 N–H and O–H groups in total. The summed E-state index contributed by atoms with van der Waals surface area (Å²) in [5.74, 6) is 2.95. The lowest BCUT2D eigenvalue weighted by molar-refractivity contribution is 0.390. The van der Waals surface area contributed by atoms with Gasteiger partial charge < -0.3 is 24.3 Å². The van der Waals surface area contributed by atoms with Gasteiger partial charge in [-0.1, -0.05) is 0 Å². The minimum absolute atomic E-state index is 0.585. The second-order valence-electron chi connectivity index (χ2n) is 4.75. The summed E-state index contributed by atoms with van der Waals surface area (Å²) in [5.41, 5.74) is 1.90. The summed E-state index contributed by atoms with van der Waals surface area (Å²) < 4.78 is 22.1. The van der Waals surface area contributed by atoms with Gasteiger partial charge in [0.25, 0.3) is 0 Å². The molecule has 0 heterocycles. The average molecular weight is 382 g/mol. The molecule has 0 fully saturated rings. The summed E-state index contributed by atoms with van der Waals surface area (Å²) in [5, 5.41) is 3.35. The molecule has 0 saturated carbocycles. The van der Waals surface area contributed by atoms with Crippen LogP contribution in [0.5, 0.6) is 23.0 Å². The van der Waals surface area contributed by atoms with Crippen molar-refractivity contribution in [3.05, 3.63) is 40.4 Å². The summed E-state index contributed by atoms with van der Waals surface area (Å²) in [6.45, 7) is 0.585. The van der Waals surface area contributed by atoms with Crippen molar-refractivity contribution in [1.82, 2.24) is 0 Å². The molecule has 0 amide bonds. The number of methoxy groups -OCH3 is 4. The van der Waals surface area contributed by atoms with E-state index in [1.165, 1.54) is 0 Å². The third-order valence-corrected chi connectivity index (χ3v) is 4.01. The van der Waals surface area contributed by atoms with Gasteiger partial charge in [-0.2, -0.15) is 0 Å². The zero-order chi connectivity index (χ0) is 16.8. The lowest BCUT2D eigenvalue weighted by Crippen LogP contribution is -2.03. The first-order chi connectivity index (χ1) is 11.1. The molecule has 2 aromatic carbocycles. The Hall–Kier alpha value is -2.08. The van der Waals surface area contributed by atoms with Crippen LogP contribution in [0.1, 0.15) is 5.56 Å². The smallest absolute Gasteiger partial charge is 0.136 e. The summed E-state index contributed by atoms with van der Waals surface area (Å²) in [6.07, 6.45) is 0. The van der Waals surface area contributed by atoms with Crippen LogP contribution >= 0.6 is 15.9 Å². The molecule has 0 spiro atoms. The van der Waals surface area contributed by atoms with E-state index in [1.807, 2.05) is 30.3 Å². The molecule has 0 saturated heterocycles. The molecule has 0 aromatic heterocycles. The van der Waals surface area contributed by atoms with Crippen LogP contribution in [0.15, 0.2) is 34.8 Å². The Kier molecular flexibility index (Phi) is 5.98. The molecule has 5 nitrogen and oxygen atoms in total. The summed E-state index contributed by atoms with van der Waals surface area (Å²) in [6, 6.07) is 9.48. The fraction of sp³-hybridized carbons (Fsp3) is 0.294. The summed E-state index contributed by atoms with van der Waals surface area (Å²) in [4.78, 5) is 0. The van der Waals surface area contributed by atoms with E-state index in [0.29, 0.717) is 6.54 Å². The van der Waals surface area contributed by atoms with Crippen LogP contribution in [0.25, 0.3) is 0 Å². The highest BCUT2D eigenvalue weighted by Crippen LogP contribution is 2.33. The van der Waals surface area contributed by atoms with Crippen LogP contribution in [0.4, 0.5) is 5.69 Å². The fourth-order valence-corrected chi connectivity index (χ4v) is 2.72. The van der Waals surface area contributed by atoms with Crippen molar-refractivity contribution < 1.29 is 18.9 Å². The predicted octanol–water partition coefficient (Wildman–Crippen LogP) is 4.10. The second kappa shape index (κ2) is 7.97. The van der Waals surface area contributed by atoms with Crippen LogP contribution in [-0.4, -0.2) is 28.4 Å². The molecule has 0 aliphatic rings. The fourth-order valence-electron chi connectivity index (χ4n) is 2.17. The van der Waals surface area contributed by atoms with Gasteiger partial charge in [-0.05, 0) is 22.0 Å². The van der Waals surface area contributed by atoms with Gasteiger partial charge in [-0.15, -0.1) is 0 Å². The Labute approximate surface area is 144 Å². The van der Waals surface area contributed by atoms with Crippen molar-refractivity contribution in [3.63, 3.8) is 0 Å². The van der Waals surface area contributed by atoms with E-state index in [1.54, 1.807) is 28.4 Å². The van der Waals surface area contributed by atoms with Crippen LogP contribution in [0.2, 0.25) is 0 Å². The molecule has 23 heavy (non-hydrogen) atoms. The van der Waals surface area contributed by atoms with E-state index < -0.39 is 0 Å². The van der Waals surface area contributed by atoms with E-state index in [-0.39, 0.29) is 0 Å². The van der Waals surface area contributed by atoms with Gasteiger partial charge in [-0.25, -0.2) is 0 Å². The first kappa shape index (κ1) is 17.3. The number of anilines is 1. The molecular weight excluding hydrogens is 362 g/mol. The minimum Gasteiger partial charge on any atom is -0.497 e. The quantitative estimate of drug-likeness (QED) is 0.782. The highest BCUT2D eigenvalue weighted by Gasteiger charge is 2.10. The zero-order valence-electron chi connectivity index (χ0n) is 13.6. The lowest BCUT2D eigenvalue weighted by Gasteiger charge is -2.14. The van der Waals surface area contributed by atoms with Gasteiger partial charge in [0.05, 0.1) is 32.9 Å². The number of nitrogens with one attached hydrogen (secondary N) is 1. The molecule has 0 aliphatic heterocycles. The van der Waals surface area contributed by atoms with Crippen LogP contribution in [0.3, 0.4) is 0 Å². The maximum Gasteiger partial charge on any atom is 0.136 e. The van der Waals surface area contributed by atoms with Gasteiger partial charge in [0.2, 0.25) is 0 Å². The Morgan fingerprint density at radius 2 is 1.39 bits per heavy atom. The Bertz CT molecular complexity index is 654. The van der Waals surface area contributed by atoms with Crippen LogP contribution in [0, 0.1) is 0 Å². The minimum atomic E-state index is 0.585. The molecule has 6 heteroatoms. The normalized spacial score (nSPS) is 10.1. The van der Waals surface area contributed by atoms with Crippen LogP contribution in [-0.2, 0) is 6.54 Å². The van der Waals surface area contributed by atoms with Crippen molar-refractivity contribution >= 4 is 21.6 Å². The maximum absolute atomic E-state index is 5.43. The van der Waals surface area contributed by atoms with Gasteiger partial charge in [0.1, 0.15) is 23.0 Å². The Morgan fingerprint density at radius 3 is 1.91 bits per heavy atom. The highest BCUT2D eigenvalue weighted by molar-refractivity contribution is 9.10. The zero-order valence-corrected chi connectivity index (χ0v) is 15.2. The molecule has 0 aliphatic carbocycles. The second-order valence-corrected chi connectivity index (χ2v) is 5.61. The summed E-state index contributed by atoms with van der Waals surface area (Å²) >= 11 is 3.49. The number of ether oxygens (including phenoxy) is 4. The van der Waals surface area contributed by atoms with Gasteiger partial charge in [0, 0.05) is 42.1 Å². The predicted molar refractivity (Wildman–Crippen MR) is 94.1 cm³/mol. The molecule has 0 radical (unpaired) electrons. The summed E-state index contributed by atoms with van der Waals surface area (Å²) in [7, 11) is 6.52. The van der Waals surface area contributed by atoms with E-state index >= 15 is 0 Å². The maximum atomic E-state index is 5.43. The topological polar surface area (TPSA) is 49.0 Å². The average Bonchev–Trinajstić information content (AvgIpc) is 2.59. The first-order valence-corrected chi connectivity index (χ1v) is 7.78. The lowest BCUT2D eigenvalue weighted by atomic mass is 10.1. The number of benzene rings is 2. The molecule has 2 aromatic rings. The van der Waals surface area contributed by atoms with Crippen molar-refractivity contribution in [2.75, 3.05) is 33.8 Å². The van der Waals surface area contributed by atoms with E-state index in [4.69, 9.17) is 18.9 Å². The van der Waals surface area contributed by atoms with E-state index in [2.05, 4.69) is 21.2 Å². The highest BCUT2D eigenvalue weighted by atomic mass is 79.9. The molecular formula is C17H20BrNO4. The van der Waals surface area contributed by atoms with E-state index in [0.717, 1.165) is 38.7 Å². The standard InChI is InChI=1S/C17H20BrNO4/c1-20-13-6-12(7-14(8-13)21-2)19-10-11-5-15(18)17(23-4)9-16(11)22-3/h5-9,19H,10H2,1-4H3. The molecule has 2 rings (SSSR count). The monoisotopic (exact) mass is 381 g/mol. The van der Waals surface area contributed by atoms with Crippen molar-refractivity contribution in [2.45, 2.75) is 6.54 Å². The first-order valence-electron chi connectivity index (χ1n) is 6.98. The van der Waals surface area contributed by atoms with Crippen molar-refractivity contribution in [3.8, 4) is 23.0 Å². The largest absolute Gasteiger partial charge is 0.497 e. The Balaban J connectivity index is 2.22. The molecule has 124 valence electrons. The molecule has 0 unspecified atom stereocenters. The van der Waals surface area contributed by atoms with E-state index in [9.17, 15) is 0 Å². The third-order valence-electron chi connectivity index (χ3n) is 3.39. The van der Waals surface area contributed by atoms with Gasteiger partial charge in [-0.3, -0.25) is 0 Å². The molecule has 0 bridgehead atoms. The van der Waals surface area contributed by atoms with Gasteiger partial charge in [0.15, 0.2) is 0 Å². The van der Waals surface area contributed by atoms with Crippen molar-refractivity contribution in [2.24, 2.45) is 0 Å². The molecule has 0 atom stereocenters. The number of hydrogen-bond acceptors (Lipinski definition) is 5. The Morgan fingerprint density at radius 1 is 0.783 bits per heavy atom. The number of rotatable bonds is 7. The number of halogens is 1.